The Morgan fingerprint density at radius 3 is 2.80 bits per heavy atom. The van der Waals surface area contributed by atoms with E-state index in [0.29, 0.717) is 6.54 Å². The van der Waals surface area contributed by atoms with Crippen LogP contribution < -0.4 is 5.73 Å². The van der Waals surface area contributed by atoms with Gasteiger partial charge in [-0.1, -0.05) is 0 Å². The maximum Gasteiger partial charge on any atom is 0.238 e. The van der Waals surface area contributed by atoms with Gasteiger partial charge in [-0.25, -0.2) is 0 Å². The minimum Gasteiger partial charge on any atom is -0.344 e. The van der Waals surface area contributed by atoms with Crippen LogP contribution in [0, 0.1) is 0 Å². The number of hydrogen-bond donors (Lipinski definition) is 1. The Morgan fingerprint density at radius 2 is 2.33 bits per heavy atom. The van der Waals surface area contributed by atoms with Crippen LogP contribution >= 0.6 is 27.3 Å². The van der Waals surface area contributed by atoms with Gasteiger partial charge in [0, 0.05) is 18.5 Å². The van der Waals surface area contributed by atoms with Crippen molar-refractivity contribution in [2.24, 2.45) is 5.73 Å². The largest absolute Gasteiger partial charge is 0.344 e. The van der Waals surface area contributed by atoms with Crippen molar-refractivity contribution in [1.82, 2.24) is 4.90 Å². The van der Waals surface area contributed by atoms with E-state index in [1.807, 2.05) is 6.07 Å². The normalized spacial score (nSPS) is 12.5. The first-order valence-corrected chi connectivity index (χ1v) is 6.36. The predicted molar refractivity (Wildman–Crippen MR) is 67.0 cm³/mol. The fourth-order valence-corrected chi connectivity index (χ4v) is 2.69. The molecule has 1 unspecified atom stereocenters. The van der Waals surface area contributed by atoms with Gasteiger partial charge in [0.2, 0.25) is 5.91 Å². The van der Waals surface area contributed by atoms with Crippen molar-refractivity contribution in [3.05, 3.63) is 20.8 Å². The molecule has 3 nitrogen and oxygen atoms in total. The summed E-state index contributed by atoms with van der Waals surface area (Å²) in [5.41, 5.74) is 5.51. The quantitative estimate of drug-likeness (QED) is 0.920. The van der Waals surface area contributed by atoms with Crippen LogP contribution in [0.5, 0.6) is 0 Å². The average molecular weight is 291 g/mol. The number of nitrogens with zero attached hydrogens (tertiary/aromatic N) is 1. The van der Waals surface area contributed by atoms with Crippen LogP contribution in [-0.2, 0) is 11.2 Å². The Balaban J connectivity index is 2.40. The van der Waals surface area contributed by atoms with E-state index in [2.05, 4.69) is 22.0 Å². The second-order valence-corrected chi connectivity index (χ2v) is 6.05. The molecular weight excluding hydrogens is 276 g/mol. The maximum atomic E-state index is 11.5. The molecule has 0 aromatic carbocycles. The van der Waals surface area contributed by atoms with Gasteiger partial charge < -0.3 is 10.6 Å². The third kappa shape index (κ3) is 3.93. The summed E-state index contributed by atoms with van der Waals surface area (Å²) in [7, 11) is 1.79. The molecule has 0 aliphatic rings. The van der Waals surface area contributed by atoms with Gasteiger partial charge in [-0.05, 0) is 41.4 Å². The Labute approximate surface area is 102 Å². The lowest BCUT2D eigenvalue weighted by atomic mass is 10.3. The maximum absolute atomic E-state index is 11.5. The molecule has 0 aliphatic heterocycles. The average Bonchev–Trinajstić information content (AvgIpc) is 2.59. The first-order chi connectivity index (χ1) is 7.00. The number of rotatable bonds is 4. The number of carbonyl (C=O) groups excluding carboxylic acids is 1. The topological polar surface area (TPSA) is 46.3 Å². The van der Waals surface area contributed by atoms with Gasteiger partial charge in [0.15, 0.2) is 0 Å². The highest BCUT2D eigenvalue weighted by molar-refractivity contribution is 9.11. The lowest BCUT2D eigenvalue weighted by molar-refractivity contribution is -0.130. The molecule has 1 aromatic rings. The van der Waals surface area contributed by atoms with E-state index in [-0.39, 0.29) is 5.91 Å². The van der Waals surface area contributed by atoms with Crippen molar-refractivity contribution in [2.75, 3.05) is 13.6 Å². The van der Waals surface area contributed by atoms with Crippen LogP contribution in [0.1, 0.15) is 11.8 Å². The zero-order valence-corrected chi connectivity index (χ0v) is 11.3. The molecule has 1 aromatic heterocycles. The van der Waals surface area contributed by atoms with Crippen molar-refractivity contribution in [2.45, 2.75) is 19.4 Å². The summed E-state index contributed by atoms with van der Waals surface area (Å²) >= 11 is 5.11. The number of hydrogen-bond acceptors (Lipinski definition) is 3. The smallest absolute Gasteiger partial charge is 0.238 e. The van der Waals surface area contributed by atoms with Crippen LogP contribution in [0.15, 0.2) is 15.9 Å². The van der Waals surface area contributed by atoms with E-state index in [1.165, 1.54) is 4.88 Å². The van der Waals surface area contributed by atoms with Gasteiger partial charge in [-0.15, -0.1) is 11.3 Å². The van der Waals surface area contributed by atoms with Crippen molar-refractivity contribution in [3.8, 4) is 0 Å². The second kappa shape index (κ2) is 5.63. The molecule has 0 spiro atoms. The Hall–Kier alpha value is -0.390. The third-order valence-electron chi connectivity index (χ3n) is 2.09. The highest BCUT2D eigenvalue weighted by Crippen LogP contribution is 2.22. The summed E-state index contributed by atoms with van der Waals surface area (Å²) in [6.45, 7) is 2.42. The summed E-state index contributed by atoms with van der Waals surface area (Å²) < 4.78 is 1.12. The molecule has 0 aliphatic carbocycles. The summed E-state index contributed by atoms with van der Waals surface area (Å²) in [6.07, 6.45) is 0.880. The zero-order valence-electron chi connectivity index (χ0n) is 8.87. The van der Waals surface area contributed by atoms with Gasteiger partial charge in [0.1, 0.15) is 0 Å². The SMILES string of the molecule is CC(N)C(=O)N(C)CCc1ccc(Br)s1. The van der Waals surface area contributed by atoms with Crippen LogP contribution in [0.2, 0.25) is 0 Å². The minimum atomic E-state index is -0.412. The lowest BCUT2D eigenvalue weighted by Gasteiger charge is -2.18. The molecule has 0 fully saturated rings. The number of thiophene rings is 1. The van der Waals surface area contributed by atoms with Gasteiger partial charge in [0.25, 0.3) is 0 Å². The summed E-state index contributed by atoms with van der Waals surface area (Å²) in [5, 5.41) is 0. The van der Waals surface area contributed by atoms with Crippen molar-refractivity contribution >= 4 is 33.2 Å². The molecule has 1 atom stereocenters. The Kier molecular flexibility index (Phi) is 4.76. The molecule has 1 rings (SSSR count). The molecule has 0 radical (unpaired) electrons. The van der Waals surface area contributed by atoms with Crippen LogP contribution in [-0.4, -0.2) is 30.4 Å². The summed E-state index contributed by atoms with van der Waals surface area (Å²) in [6, 6.07) is 3.68. The number of nitrogens with two attached hydrogens (primary N) is 1. The van der Waals surface area contributed by atoms with Crippen LogP contribution in [0.4, 0.5) is 0 Å². The zero-order chi connectivity index (χ0) is 11.4. The van der Waals surface area contributed by atoms with Gasteiger partial charge in [-0.2, -0.15) is 0 Å². The molecular formula is C10H15BrN2OS. The molecule has 15 heavy (non-hydrogen) atoms. The van der Waals surface area contributed by atoms with Crippen LogP contribution in [0.25, 0.3) is 0 Å². The highest BCUT2D eigenvalue weighted by Gasteiger charge is 2.12. The van der Waals surface area contributed by atoms with E-state index in [1.54, 1.807) is 30.2 Å². The van der Waals surface area contributed by atoms with Gasteiger partial charge >= 0.3 is 0 Å². The molecule has 1 amide bonds. The van der Waals surface area contributed by atoms with Gasteiger partial charge in [-0.3, -0.25) is 4.79 Å². The fraction of sp³-hybridized carbons (Fsp3) is 0.500. The third-order valence-corrected chi connectivity index (χ3v) is 3.77. The van der Waals surface area contributed by atoms with E-state index in [0.717, 1.165) is 10.2 Å². The molecule has 0 bridgehead atoms. The minimum absolute atomic E-state index is 0.00868. The molecule has 0 saturated carbocycles. The monoisotopic (exact) mass is 290 g/mol. The molecule has 84 valence electrons. The molecule has 0 saturated heterocycles. The predicted octanol–water partition coefficient (Wildman–Crippen LogP) is 1.86. The van der Waals surface area contributed by atoms with Crippen molar-refractivity contribution in [3.63, 3.8) is 0 Å². The standard InChI is InChI=1S/C10H15BrN2OS/c1-7(12)10(14)13(2)6-5-8-3-4-9(11)15-8/h3-4,7H,5-6,12H2,1-2H3. The van der Waals surface area contributed by atoms with E-state index < -0.39 is 6.04 Å². The first-order valence-electron chi connectivity index (χ1n) is 4.75. The van der Waals surface area contributed by atoms with Crippen LogP contribution in [0.3, 0.4) is 0 Å². The number of halogens is 1. The van der Waals surface area contributed by atoms with E-state index >= 15 is 0 Å². The second-order valence-electron chi connectivity index (χ2n) is 3.50. The highest BCUT2D eigenvalue weighted by atomic mass is 79.9. The van der Waals surface area contributed by atoms with Gasteiger partial charge in [0.05, 0.1) is 9.83 Å². The van der Waals surface area contributed by atoms with Crippen molar-refractivity contribution in [1.29, 1.82) is 0 Å². The lowest BCUT2D eigenvalue weighted by Crippen LogP contribution is -2.40. The van der Waals surface area contributed by atoms with Crippen molar-refractivity contribution < 1.29 is 4.79 Å². The van der Waals surface area contributed by atoms with E-state index in [9.17, 15) is 4.79 Å². The summed E-state index contributed by atoms with van der Waals surface area (Å²) in [5.74, 6) is -0.00868. The Bertz CT molecular complexity index is 338. The number of likely N-dealkylation sites (N-methyl/N-ethyl adjacent to an activating group) is 1. The summed E-state index contributed by atoms with van der Waals surface area (Å²) in [4.78, 5) is 14.4. The van der Waals surface area contributed by atoms with E-state index in [4.69, 9.17) is 5.73 Å². The molecule has 1 heterocycles. The number of carbonyl (C=O) groups is 1. The molecule has 5 heteroatoms. The molecule has 2 N–H and O–H groups in total. The first kappa shape index (κ1) is 12.7. The number of amides is 1. The fourth-order valence-electron chi connectivity index (χ4n) is 1.22. The Morgan fingerprint density at radius 1 is 1.67 bits per heavy atom.